The minimum Gasteiger partial charge on any atom is -0.369 e. The zero-order chi connectivity index (χ0) is 9.84. The van der Waals surface area contributed by atoms with Gasteiger partial charge in [-0.05, 0) is 45.4 Å². The lowest BCUT2D eigenvalue weighted by molar-refractivity contribution is 0.704. The fourth-order valence-corrected chi connectivity index (χ4v) is 1.53. The van der Waals surface area contributed by atoms with Gasteiger partial charge in [0, 0.05) is 18.3 Å². The van der Waals surface area contributed by atoms with Crippen LogP contribution in [0.4, 0.5) is 5.69 Å². The molecule has 1 nitrogen and oxygen atoms in total. The lowest BCUT2D eigenvalue weighted by atomic mass is 10.2. The first-order valence-electron chi connectivity index (χ1n) is 4.83. The highest BCUT2D eigenvalue weighted by Gasteiger charge is 2.06. The molecule has 71 valence electrons. The molecule has 0 aliphatic carbocycles. The predicted octanol–water partition coefficient (Wildman–Crippen LogP) is 3.10. The molecule has 1 aromatic carbocycles. The van der Waals surface area contributed by atoms with Gasteiger partial charge in [0.15, 0.2) is 0 Å². The van der Waals surface area contributed by atoms with Crippen LogP contribution < -0.4 is 4.90 Å². The molecular formula is C12H18N. The molecule has 0 saturated carbocycles. The molecule has 1 rings (SSSR count). The van der Waals surface area contributed by atoms with Crippen LogP contribution in [0.2, 0.25) is 0 Å². The number of rotatable bonds is 3. The summed E-state index contributed by atoms with van der Waals surface area (Å²) in [6.45, 7) is 11.5. The van der Waals surface area contributed by atoms with Crippen molar-refractivity contribution in [3.05, 3.63) is 36.8 Å². The van der Waals surface area contributed by atoms with Gasteiger partial charge in [0.2, 0.25) is 0 Å². The highest BCUT2D eigenvalue weighted by atomic mass is 15.1. The van der Waals surface area contributed by atoms with E-state index in [9.17, 15) is 0 Å². The predicted molar refractivity (Wildman–Crippen MR) is 59.1 cm³/mol. The summed E-state index contributed by atoms with van der Waals surface area (Å²) in [5.74, 6) is 0. The Bertz CT molecular complexity index is 248. The Labute approximate surface area is 81.4 Å². The summed E-state index contributed by atoms with van der Waals surface area (Å²) >= 11 is 0. The van der Waals surface area contributed by atoms with E-state index in [0.717, 1.165) is 12.1 Å². The molecular weight excluding hydrogens is 158 g/mol. The summed E-state index contributed by atoms with van der Waals surface area (Å²) in [6, 6.07) is 8.93. The smallest absolute Gasteiger partial charge is 0.0368 e. The van der Waals surface area contributed by atoms with Gasteiger partial charge in [0.25, 0.3) is 0 Å². The third kappa shape index (κ3) is 2.48. The average Bonchev–Trinajstić information content (AvgIpc) is 2.09. The Morgan fingerprint density at radius 3 is 2.15 bits per heavy atom. The minimum atomic E-state index is 0.556. The first kappa shape index (κ1) is 10.1. The second-order valence-electron chi connectivity index (χ2n) is 3.55. The maximum atomic E-state index is 3.87. The summed E-state index contributed by atoms with van der Waals surface area (Å²) < 4.78 is 0. The molecule has 0 aliphatic heterocycles. The fraction of sp³-hybridized carbons (Fsp3) is 0.417. The first-order chi connectivity index (χ1) is 6.15. The molecule has 0 fully saturated rings. The highest BCUT2D eigenvalue weighted by Crippen LogP contribution is 2.16. The van der Waals surface area contributed by atoms with Gasteiger partial charge in [-0.2, -0.15) is 0 Å². The van der Waals surface area contributed by atoms with Gasteiger partial charge in [-0.3, -0.25) is 0 Å². The van der Waals surface area contributed by atoms with Crippen LogP contribution in [-0.4, -0.2) is 12.6 Å². The van der Waals surface area contributed by atoms with E-state index in [1.807, 2.05) is 0 Å². The zero-order valence-corrected chi connectivity index (χ0v) is 8.75. The van der Waals surface area contributed by atoms with Crippen molar-refractivity contribution in [3.63, 3.8) is 0 Å². The molecule has 0 atom stereocenters. The van der Waals surface area contributed by atoms with Crippen molar-refractivity contribution in [1.29, 1.82) is 0 Å². The van der Waals surface area contributed by atoms with E-state index < -0.39 is 0 Å². The Morgan fingerprint density at radius 2 is 1.77 bits per heavy atom. The van der Waals surface area contributed by atoms with Gasteiger partial charge in [0.05, 0.1) is 0 Å². The third-order valence-corrected chi connectivity index (χ3v) is 2.23. The van der Waals surface area contributed by atoms with E-state index in [4.69, 9.17) is 0 Å². The molecule has 1 radical (unpaired) electrons. The topological polar surface area (TPSA) is 3.24 Å². The molecule has 0 amide bonds. The molecule has 1 heteroatoms. The van der Waals surface area contributed by atoms with Crippen molar-refractivity contribution < 1.29 is 0 Å². The summed E-state index contributed by atoms with van der Waals surface area (Å²) in [4.78, 5) is 2.36. The average molecular weight is 176 g/mol. The van der Waals surface area contributed by atoms with Gasteiger partial charge >= 0.3 is 0 Å². The zero-order valence-electron chi connectivity index (χ0n) is 8.75. The summed E-state index contributed by atoms with van der Waals surface area (Å²) in [7, 11) is 0. The van der Waals surface area contributed by atoms with E-state index in [1.54, 1.807) is 0 Å². The first-order valence-corrected chi connectivity index (χ1v) is 4.83. The summed E-state index contributed by atoms with van der Waals surface area (Å²) in [6.07, 6.45) is 0. The monoisotopic (exact) mass is 176 g/mol. The maximum Gasteiger partial charge on any atom is 0.0368 e. The Morgan fingerprint density at radius 1 is 1.23 bits per heavy atom. The molecule has 0 N–H and O–H groups in total. The van der Waals surface area contributed by atoms with E-state index in [1.165, 1.54) is 5.69 Å². The molecule has 0 bridgehead atoms. The molecule has 0 aromatic heterocycles. The van der Waals surface area contributed by atoms with Crippen LogP contribution in [0, 0.1) is 6.92 Å². The van der Waals surface area contributed by atoms with Crippen molar-refractivity contribution in [2.24, 2.45) is 0 Å². The molecule has 0 spiro atoms. The van der Waals surface area contributed by atoms with E-state index in [0.29, 0.717) is 6.04 Å². The van der Waals surface area contributed by atoms with Crippen molar-refractivity contribution in [1.82, 2.24) is 0 Å². The largest absolute Gasteiger partial charge is 0.369 e. The van der Waals surface area contributed by atoms with Crippen LogP contribution in [0.15, 0.2) is 24.3 Å². The van der Waals surface area contributed by atoms with Gasteiger partial charge in [-0.15, -0.1) is 0 Å². The van der Waals surface area contributed by atoms with Crippen LogP contribution in [0.3, 0.4) is 0 Å². The molecule has 13 heavy (non-hydrogen) atoms. The van der Waals surface area contributed by atoms with Crippen molar-refractivity contribution >= 4 is 5.69 Å². The van der Waals surface area contributed by atoms with Crippen molar-refractivity contribution in [2.75, 3.05) is 11.4 Å². The number of hydrogen-bond acceptors (Lipinski definition) is 1. The van der Waals surface area contributed by atoms with E-state index in [-0.39, 0.29) is 0 Å². The molecule has 0 unspecified atom stereocenters. The second-order valence-corrected chi connectivity index (χ2v) is 3.55. The number of anilines is 1. The Balaban J connectivity index is 2.86. The standard InChI is InChI=1S/C12H18N/c1-5-13(10(2)3)12-8-6-11(4)7-9-12/h6-10H,4-5H2,1-3H3. The van der Waals surface area contributed by atoms with Gasteiger partial charge in [-0.25, -0.2) is 0 Å². The summed E-state index contributed by atoms with van der Waals surface area (Å²) in [5, 5.41) is 0. The Kier molecular flexibility index (Phi) is 3.35. The van der Waals surface area contributed by atoms with Gasteiger partial charge < -0.3 is 4.90 Å². The minimum absolute atomic E-state index is 0.556. The third-order valence-electron chi connectivity index (χ3n) is 2.23. The maximum absolute atomic E-state index is 3.87. The molecule has 0 aliphatic rings. The Hall–Kier alpha value is -0.980. The summed E-state index contributed by atoms with van der Waals surface area (Å²) in [5.41, 5.74) is 2.36. The van der Waals surface area contributed by atoms with Crippen LogP contribution in [0.25, 0.3) is 0 Å². The van der Waals surface area contributed by atoms with E-state index >= 15 is 0 Å². The lowest BCUT2D eigenvalue weighted by Crippen LogP contribution is -2.30. The van der Waals surface area contributed by atoms with Crippen LogP contribution in [0.1, 0.15) is 26.3 Å². The van der Waals surface area contributed by atoms with Crippen LogP contribution in [-0.2, 0) is 0 Å². The highest BCUT2D eigenvalue weighted by molar-refractivity contribution is 5.48. The van der Waals surface area contributed by atoms with Crippen LogP contribution >= 0.6 is 0 Å². The SMILES string of the molecule is [CH2]c1ccc(N(CC)C(C)C)cc1. The lowest BCUT2D eigenvalue weighted by Gasteiger charge is -2.27. The van der Waals surface area contributed by atoms with Crippen molar-refractivity contribution in [2.45, 2.75) is 26.8 Å². The molecule has 0 heterocycles. The second kappa shape index (κ2) is 4.31. The quantitative estimate of drug-likeness (QED) is 0.684. The van der Waals surface area contributed by atoms with Gasteiger partial charge in [-0.1, -0.05) is 12.1 Å². The normalized spacial score (nSPS) is 10.5. The molecule has 0 saturated heterocycles. The number of hydrogen-bond donors (Lipinski definition) is 0. The molecule has 1 aromatic rings. The van der Waals surface area contributed by atoms with E-state index in [2.05, 4.69) is 56.9 Å². The number of benzene rings is 1. The number of nitrogens with zero attached hydrogens (tertiary/aromatic N) is 1. The fourth-order valence-electron chi connectivity index (χ4n) is 1.53. The van der Waals surface area contributed by atoms with Gasteiger partial charge in [0.1, 0.15) is 0 Å². The van der Waals surface area contributed by atoms with Crippen LogP contribution in [0.5, 0.6) is 0 Å². The van der Waals surface area contributed by atoms with Crippen molar-refractivity contribution in [3.8, 4) is 0 Å².